The maximum atomic E-state index is 12.3. The highest BCUT2D eigenvalue weighted by molar-refractivity contribution is 7.93. The first kappa shape index (κ1) is 16.8. The molecule has 0 atom stereocenters. The predicted octanol–water partition coefficient (Wildman–Crippen LogP) is 2.24. The first-order chi connectivity index (χ1) is 10.7. The lowest BCUT2D eigenvalue weighted by atomic mass is 10.3. The Morgan fingerprint density at radius 2 is 2.27 bits per heavy atom. The van der Waals surface area contributed by atoms with Crippen molar-refractivity contribution in [3.63, 3.8) is 0 Å². The van der Waals surface area contributed by atoms with Gasteiger partial charge in [0.2, 0.25) is 0 Å². The zero-order chi connectivity index (χ0) is 15.8. The third kappa shape index (κ3) is 4.72. The minimum atomic E-state index is -0.252. The largest absolute Gasteiger partial charge is 0.365 e. The molecule has 1 N–H and O–H groups in total. The lowest BCUT2D eigenvalue weighted by Crippen LogP contribution is -2.27. The van der Waals surface area contributed by atoms with Crippen molar-refractivity contribution in [1.29, 1.82) is 0 Å². The summed E-state index contributed by atoms with van der Waals surface area (Å²) in [6.07, 6.45) is 5.74. The summed E-state index contributed by atoms with van der Waals surface area (Å²) in [5, 5.41) is 3.33. The molecule has 0 unspecified atom stereocenters. The highest BCUT2D eigenvalue weighted by Crippen LogP contribution is 2.07. The second kappa shape index (κ2) is 8.77. The van der Waals surface area contributed by atoms with Crippen LogP contribution in [-0.4, -0.2) is 33.9 Å². The van der Waals surface area contributed by atoms with E-state index < -0.39 is 0 Å². The molecule has 2 aromatic heterocycles. The van der Waals surface area contributed by atoms with Crippen LogP contribution in [0.3, 0.4) is 0 Å². The fourth-order valence-corrected chi connectivity index (χ4v) is 2.32. The van der Waals surface area contributed by atoms with Crippen LogP contribution >= 0.6 is 23.6 Å². The molecule has 22 heavy (non-hydrogen) atoms. The zero-order valence-corrected chi connectivity index (χ0v) is 13.7. The van der Waals surface area contributed by atoms with Gasteiger partial charge in [-0.1, -0.05) is 17.7 Å². The third-order valence-electron chi connectivity index (χ3n) is 2.92. The Labute approximate surface area is 138 Å². The number of rotatable bonds is 8. The fourth-order valence-electron chi connectivity index (χ4n) is 1.86. The second-order valence-corrected chi connectivity index (χ2v) is 5.33. The minimum absolute atomic E-state index is 0.252. The number of pyridine rings is 1. The van der Waals surface area contributed by atoms with Crippen molar-refractivity contribution in [2.24, 2.45) is 0 Å². The van der Waals surface area contributed by atoms with Gasteiger partial charge in [0.05, 0.1) is 19.3 Å². The van der Waals surface area contributed by atoms with Gasteiger partial charge in [-0.3, -0.25) is 14.3 Å². The average molecular weight is 341 g/mol. The molecule has 0 radical (unpaired) electrons. The smallest absolute Gasteiger partial charge is 0.294 e. The van der Waals surface area contributed by atoms with Crippen LogP contribution < -0.4 is 10.9 Å². The van der Waals surface area contributed by atoms with Gasteiger partial charge < -0.3 is 9.50 Å². The van der Waals surface area contributed by atoms with E-state index in [9.17, 15) is 4.79 Å². The lowest BCUT2D eigenvalue weighted by Gasteiger charge is -2.10. The Bertz CT molecular complexity index is 651. The molecule has 0 aliphatic carbocycles. The number of anilines is 1. The van der Waals surface area contributed by atoms with Crippen LogP contribution in [0.1, 0.15) is 5.69 Å². The van der Waals surface area contributed by atoms with Crippen molar-refractivity contribution in [3.8, 4) is 0 Å². The molecular weight excluding hydrogens is 324 g/mol. The Balaban J connectivity index is 1.99. The molecule has 2 heterocycles. The standard InChI is InChI=1S/C14H17ClN4O2S/c1-22-21-9-8-19-12(15)10-18-13(14(19)20)17-7-5-11-4-2-3-6-16-11/h2-4,6,10H,5,7-9H2,1H3,(H,17,18). The van der Waals surface area contributed by atoms with Crippen molar-refractivity contribution in [3.05, 3.63) is 51.8 Å². The van der Waals surface area contributed by atoms with E-state index in [2.05, 4.69) is 15.3 Å². The second-order valence-electron chi connectivity index (χ2n) is 4.37. The highest BCUT2D eigenvalue weighted by Gasteiger charge is 2.08. The van der Waals surface area contributed by atoms with E-state index in [0.717, 1.165) is 5.69 Å². The summed E-state index contributed by atoms with van der Waals surface area (Å²) < 4.78 is 6.61. The summed E-state index contributed by atoms with van der Waals surface area (Å²) in [5.41, 5.74) is 0.705. The van der Waals surface area contributed by atoms with E-state index in [1.54, 1.807) is 6.20 Å². The summed E-state index contributed by atoms with van der Waals surface area (Å²) >= 11 is 7.26. The van der Waals surface area contributed by atoms with E-state index >= 15 is 0 Å². The SMILES string of the molecule is CSOCCn1c(Cl)cnc(NCCc2ccccn2)c1=O. The normalized spacial score (nSPS) is 10.6. The molecule has 0 aromatic carbocycles. The summed E-state index contributed by atoms with van der Waals surface area (Å²) in [6.45, 7) is 1.36. The van der Waals surface area contributed by atoms with Gasteiger partial charge in [0.1, 0.15) is 5.15 Å². The van der Waals surface area contributed by atoms with Gasteiger partial charge in [0.15, 0.2) is 5.82 Å². The number of hydrogen-bond acceptors (Lipinski definition) is 6. The lowest BCUT2D eigenvalue weighted by molar-refractivity contribution is 0.347. The number of nitrogens with zero attached hydrogens (tertiary/aromatic N) is 3. The monoisotopic (exact) mass is 340 g/mol. The van der Waals surface area contributed by atoms with Gasteiger partial charge >= 0.3 is 0 Å². The van der Waals surface area contributed by atoms with E-state index in [0.29, 0.717) is 31.3 Å². The summed E-state index contributed by atoms with van der Waals surface area (Å²) in [4.78, 5) is 20.6. The van der Waals surface area contributed by atoms with Gasteiger partial charge in [0.25, 0.3) is 5.56 Å². The van der Waals surface area contributed by atoms with Crippen molar-refractivity contribution in [2.45, 2.75) is 13.0 Å². The highest BCUT2D eigenvalue weighted by atomic mass is 35.5. The maximum absolute atomic E-state index is 12.3. The number of hydrogen-bond donors (Lipinski definition) is 1. The van der Waals surface area contributed by atoms with Crippen LogP contribution in [0.25, 0.3) is 0 Å². The quantitative estimate of drug-likeness (QED) is 0.587. The van der Waals surface area contributed by atoms with Crippen LogP contribution in [0, 0.1) is 0 Å². The Morgan fingerprint density at radius 1 is 1.41 bits per heavy atom. The van der Waals surface area contributed by atoms with Crippen LogP contribution in [0.2, 0.25) is 5.15 Å². The van der Waals surface area contributed by atoms with Gasteiger partial charge in [-0.15, -0.1) is 0 Å². The molecule has 0 saturated heterocycles. The molecule has 2 aromatic rings. The topological polar surface area (TPSA) is 69.0 Å². The van der Waals surface area contributed by atoms with E-state index in [1.165, 1.54) is 22.8 Å². The van der Waals surface area contributed by atoms with Gasteiger partial charge in [-0.05, 0) is 24.2 Å². The minimum Gasteiger partial charge on any atom is -0.365 e. The van der Waals surface area contributed by atoms with Crippen molar-refractivity contribution in [1.82, 2.24) is 14.5 Å². The van der Waals surface area contributed by atoms with Gasteiger partial charge in [0, 0.05) is 31.1 Å². The van der Waals surface area contributed by atoms with E-state index in [1.807, 2.05) is 24.5 Å². The molecule has 118 valence electrons. The van der Waals surface area contributed by atoms with Crippen molar-refractivity contribution >= 4 is 29.5 Å². The number of halogens is 1. The van der Waals surface area contributed by atoms with E-state index in [-0.39, 0.29) is 11.4 Å². The molecular formula is C14H17ClN4O2S. The maximum Gasteiger partial charge on any atom is 0.294 e. The molecule has 6 nitrogen and oxygen atoms in total. The first-order valence-corrected chi connectivity index (χ1v) is 8.30. The van der Waals surface area contributed by atoms with Crippen molar-refractivity contribution < 1.29 is 4.18 Å². The molecule has 0 amide bonds. The third-order valence-corrected chi connectivity index (χ3v) is 3.63. The summed E-state index contributed by atoms with van der Waals surface area (Å²) in [7, 11) is 0. The number of aromatic nitrogens is 3. The van der Waals surface area contributed by atoms with Crippen LogP contribution in [-0.2, 0) is 17.1 Å². The van der Waals surface area contributed by atoms with Gasteiger partial charge in [-0.25, -0.2) is 4.98 Å². The Hall–Kier alpha value is -1.57. The fraction of sp³-hybridized carbons (Fsp3) is 0.357. The molecule has 0 fully saturated rings. The van der Waals surface area contributed by atoms with E-state index in [4.69, 9.17) is 15.8 Å². The summed E-state index contributed by atoms with van der Waals surface area (Å²) in [5.74, 6) is 0.282. The molecule has 0 spiro atoms. The first-order valence-electron chi connectivity index (χ1n) is 6.77. The van der Waals surface area contributed by atoms with Crippen LogP contribution in [0.5, 0.6) is 0 Å². The Morgan fingerprint density at radius 3 is 3.00 bits per heavy atom. The average Bonchev–Trinajstić information content (AvgIpc) is 2.54. The molecule has 0 bridgehead atoms. The molecule has 0 aliphatic heterocycles. The molecule has 0 saturated carbocycles. The summed E-state index contributed by atoms with van der Waals surface area (Å²) in [6, 6.07) is 5.74. The van der Waals surface area contributed by atoms with Crippen LogP contribution in [0.4, 0.5) is 5.82 Å². The van der Waals surface area contributed by atoms with Gasteiger partial charge in [-0.2, -0.15) is 0 Å². The number of nitrogens with one attached hydrogen (secondary N) is 1. The zero-order valence-electron chi connectivity index (χ0n) is 12.2. The Kier molecular flexibility index (Phi) is 6.70. The molecule has 2 rings (SSSR count). The predicted molar refractivity (Wildman–Crippen MR) is 89.4 cm³/mol. The van der Waals surface area contributed by atoms with Crippen molar-refractivity contribution in [2.75, 3.05) is 24.7 Å². The van der Waals surface area contributed by atoms with Crippen LogP contribution in [0.15, 0.2) is 35.4 Å². The molecule has 8 heteroatoms. The molecule has 0 aliphatic rings.